The number of piperidine rings is 1. The average molecular weight is 316 g/mol. The van der Waals surface area contributed by atoms with Crippen LogP contribution in [0, 0.1) is 0 Å². The molecule has 2 N–H and O–H groups in total. The van der Waals surface area contributed by atoms with Crippen LogP contribution in [0.1, 0.15) is 12.8 Å². The summed E-state index contributed by atoms with van der Waals surface area (Å²) in [6.45, 7) is 1.71. The van der Waals surface area contributed by atoms with E-state index < -0.39 is 10.0 Å². The van der Waals surface area contributed by atoms with Crippen molar-refractivity contribution >= 4 is 10.0 Å². The minimum Gasteiger partial charge on any atom is -0.317 e. The van der Waals surface area contributed by atoms with E-state index in [-0.39, 0.29) is 6.04 Å². The highest BCUT2D eigenvalue weighted by molar-refractivity contribution is 7.89. The first-order chi connectivity index (χ1) is 10.7. The molecule has 1 aliphatic heterocycles. The number of hydrogen-bond acceptors (Lipinski definition) is 3. The molecule has 2 aromatic rings. The largest absolute Gasteiger partial charge is 0.317 e. The Morgan fingerprint density at radius 3 is 2.27 bits per heavy atom. The van der Waals surface area contributed by atoms with Gasteiger partial charge in [-0.25, -0.2) is 13.1 Å². The molecular weight excluding hydrogens is 296 g/mol. The predicted molar refractivity (Wildman–Crippen MR) is 88.1 cm³/mol. The Kier molecular flexibility index (Phi) is 4.57. The number of hydrogen-bond donors (Lipinski definition) is 2. The Hall–Kier alpha value is -1.69. The monoisotopic (exact) mass is 316 g/mol. The Balaban J connectivity index is 1.93. The van der Waals surface area contributed by atoms with Crippen molar-refractivity contribution in [3.8, 4) is 11.1 Å². The molecule has 0 amide bonds. The molecule has 3 rings (SSSR count). The van der Waals surface area contributed by atoms with Gasteiger partial charge in [-0.2, -0.15) is 0 Å². The third kappa shape index (κ3) is 3.38. The summed E-state index contributed by atoms with van der Waals surface area (Å²) < 4.78 is 28.4. The summed E-state index contributed by atoms with van der Waals surface area (Å²) in [5.41, 5.74) is 1.65. The van der Waals surface area contributed by atoms with Crippen molar-refractivity contribution in [2.45, 2.75) is 23.8 Å². The lowest BCUT2D eigenvalue weighted by atomic mass is 10.1. The summed E-state index contributed by atoms with van der Waals surface area (Å²) in [7, 11) is -3.52. The van der Waals surface area contributed by atoms with E-state index in [1.54, 1.807) is 12.1 Å². The molecule has 0 unspecified atom stereocenters. The van der Waals surface area contributed by atoms with E-state index >= 15 is 0 Å². The summed E-state index contributed by atoms with van der Waals surface area (Å²) in [5.74, 6) is 0. The van der Waals surface area contributed by atoms with Gasteiger partial charge in [0.05, 0.1) is 4.90 Å². The van der Waals surface area contributed by atoms with Crippen LogP contribution >= 0.6 is 0 Å². The van der Waals surface area contributed by atoms with Gasteiger partial charge in [0.1, 0.15) is 0 Å². The molecule has 5 heteroatoms. The van der Waals surface area contributed by atoms with Crippen molar-refractivity contribution in [2.75, 3.05) is 13.1 Å². The zero-order valence-electron chi connectivity index (χ0n) is 12.3. The highest BCUT2D eigenvalue weighted by Crippen LogP contribution is 2.27. The third-order valence-corrected chi connectivity index (χ3v) is 5.50. The van der Waals surface area contributed by atoms with Gasteiger partial charge in [-0.15, -0.1) is 0 Å². The second-order valence-electron chi connectivity index (χ2n) is 5.51. The Labute approximate surface area is 131 Å². The van der Waals surface area contributed by atoms with Crippen LogP contribution in [0.3, 0.4) is 0 Å². The molecule has 4 nitrogen and oxygen atoms in total. The molecule has 0 radical (unpaired) electrons. The van der Waals surface area contributed by atoms with Gasteiger partial charge in [0.15, 0.2) is 0 Å². The first kappa shape index (κ1) is 15.2. The predicted octanol–water partition coefficient (Wildman–Crippen LogP) is 2.38. The zero-order chi connectivity index (χ0) is 15.4. The van der Waals surface area contributed by atoms with Gasteiger partial charge in [-0.1, -0.05) is 48.5 Å². The van der Waals surface area contributed by atoms with Crippen molar-refractivity contribution < 1.29 is 8.42 Å². The van der Waals surface area contributed by atoms with Gasteiger partial charge in [-0.3, -0.25) is 0 Å². The van der Waals surface area contributed by atoms with Crippen LogP contribution in [0.25, 0.3) is 11.1 Å². The number of benzene rings is 2. The fraction of sp³-hybridized carbons (Fsp3) is 0.294. The molecule has 1 saturated heterocycles. The van der Waals surface area contributed by atoms with Gasteiger partial charge in [0.2, 0.25) is 10.0 Å². The maximum absolute atomic E-state index is 12.8. The molecule has 1 heterocycles. The van der Waals surface area contributed by atoms with Crippen molar-refractivity contribution in [1.82, 2.24) is 10.0 Å². The van der Waals surface area contributed by atoms with E-state index in [0.29, 0.717) is 4.90 Å². The van der Waals surface area contributed by atoms with Crippen LogP contribution in [0.4, 0.5) is 0 Å². The fourth-order valence-corrected chi connectivity index (χ4v) is 4.31. The summed E-state index contributed by atoms with van der Waals surface area (Å²) in [6, 6.07) is 16.8. The number of rotatable bonds is 4. The average Bonchev–Trinajstić information content (AvgIpc) is 2.56. The van der Waals surface area contributed by atoms with Gasteiger partial charge in [0.25, 0.3) is 0 Å². The molecule has 116 valence electrons. The van der Waals surface area contributed by atoms with Crippen molar-refractivity contribution in [3.63, 3.8) is 0 Å². The van der Waals surface area contributed by atoms with Gasteiger partial charge < -0.3 is 5.32 Å². The van der Waals surface area contributed by atoms with Crippen molar-refractivity contribution in [2.24, 2.45) is 0 Å². The Bertz CT molecular complexity index is 723. The number of sulfonamides is 1. The molecule has 22 heavy (non-hydrogen) atoms. The molecule has 1 fully saturated rings. The zero-order valence-corrected chi connectivity index (χ0v) is 13.1. The summed E-state index contributed by atoms with van der Waals surface area (Å²) in [4.78, 5) is 0.347. The standard InChI is InChI=1S/C17H20N2O2S/c20-22(21,19-15-10-12-18-13-11-15)17-9-5-4-8-16(17)14-6-2-1-3-7-14/h1-9,15,18-19H,10-13H2. The Morgan fingerprint density at radius 2 is 1.55 bits per heavy atom. The van der Waals surface area contributed by atoms with Crippen molar-refractivity contribution in [3.05, 3.63) is 54.6 Å². The van der Waals surface area contributed by atoms with Crippen molar-refractivity contribution in [1.29, 1.82) is 0 Å². The highest BCUT2D eigenvalue weighted by Gasteiger charge is 2.24. The third-order valence-electron chi connectivity index (χ3n) is 3.92. The van der Waals surface area contributed by atoms with E-state index in [2.05, 4.69) is 10.0 Å². The van der Waals surface area contributed by atoms with E-state index in [1.807, 2.05) is 42.5 Å². The molecule has 0 aromatic heterocycles. The maximum Gasteiger partial charge on any atom is 0.241 e. The highest BCUT2D eigenvalue weighted by atomic mass is 32.2. The van der Waals surface area contributed by atoms with E-state index in [4.69, 9.17) is 0 Å². The lowest BCUT2D eigenvalue weighted by Gasteiger charge is -2.24. The lowest BCUT2D eigenvalue weighted by molar-refractivity contribution is 0.427. The van der Waals surface area contributed by atoms with E-state index in [1.165, 1.54) is 0 Å². The topological polar surface area (TPSA) is 58.2 Å². The maximum atomic E-state index is 12.8. The SMILES string of the molecule is O=S(=O)(NC1CCNCC1)c1ccccc1-c1ccccc1. The van der Waals surface area contributed by atoms with Crippen LogP contribution < -0.4 is 10.0 Å². The van der Waals surface area contributed by atoms with Gasteiger partial charge in [-0.05, 0) is 37.6 Å². The second kappa shape index (κ2) is 6.60. The van der Waals surface area contributed by atoms with Gasteiger partial charge in [0, 0.05) is 11.6 Å². The molecule has 1 aliphatic rings. The molecule has 0 bridgehead atoms. The van der Waals surface area contributed by atoms with Crippen LogP contribution in [0.2, 0.25) is 0 Å². The normalized spacial score (nSPS) is 16.5. The van der Waals surface area contributed by atoms with Crippen LogP contribution in [-0.4, -0.2) is 27.5 Å². The molecule has 0 aliphatic carbocycles. The molecule has 2 aromatic carbocycles. The summed E-state index contributed by atoms with van der Waals surface area (Å²) >= 11 is 0. The van der Waals surface area contributed by atoms with Crippen LogP contribution in [0.5, 0.6) is 0 Å². The first-order valence-electron chi connectivity index (χ1n) is 7.54. The molecular formula is C17H20N2O2S. The Morgan fingerprint density at radius 1 is 0.909 bits per heavy atom. The minimum atomic E-state index is -3.52. The molecule has 0 saturated carbocycles. The first-order valence-corrected chi connectivity index (χ1v) is 9.03. The fourth-order valence-electron chi connectivity index (χ4n) is 2.78. The van der Waals surface area contributed by atoms with E-state index in [0.717, 1.165) is 37.1 Å². The smallest absolute Gasteiger partial charge is 0.241 e. The minimum absolute atomic E-state index is 0.00933. The summed E-state index contributed by atoms with van der Waals surface area (Å²) in [5, 5.41) is 3.24. The number of nitrogens with one attached hydrogen (secondary N) is 2. The second-order valence-corrected chi connectivity index (χ2v) is 7.19. The lowest BCUT2D eigenvalue weighted by Crippen LogP contribution is -2.42. The summed E-state index contributed by atoms with van der Waals surface area (Å²) in [6.07, 6.45) is 1.65. The molecule has 0 spiro atoms. The van der Waals surface area contributed by atoms with Gasteiger partial charge >= 0.3 is 0 Å². The van der Waals surface area contributed by atoms with Crippen LogP contribution in [-0.2, 0) is 10.0 Å². The quantitative estimate of drug-likeness (QED) is 0.910. The van der Waals surface area contributed by atoms with E-state index in [9.17, 15) is 8.42 Å². The van der Waals surface area contributed by atoms with Crippen LogP contribution in [0.15, 0.2) is 59.5 Å². The molecule has 0 atom stereocenters.